The van der Waals surface area contributed by atoms with Crippen molar-refractivity contribution in [1.29, 1.82) is 0 Å². The van der Waals surface area contributed by atoms with Crippen molar-refractivity contribution in [3.63, 3.8) is 0 Å². The van der Waals surface area contributed by atoms with E-state index in [0.29, 0.717) is 67.7 Å². The fourth-order valence-electron chi connectivity index (χ4n) is 9.85. The molecule has 0 unspecified atom stereocenters. The van der Waals surface area contributed by atoms with Crippen LogP contribution in [0.2, 0.25) is 61.4 Å². The number of hydrogen-bond acceptors (Lipinski definition) is 16. The van der Waals surface area contributed by atoms with Gasteiger partial charge in [0.2, 0.25) is 11.8 Å². The van der Waals surface area contributed by atoms with E-state index in [4.69, 9.17) is 60.9 Å². The standard InChI is InChI=1S/C29H36ClF3N4O4Si.C20H30BNO5.C15H18BrClF3N3OSi/c1-6-40-27(38)28(8-7-9-28)17-41-24-12-19(2)21(15-34-24)20-13-22(30)25(35-14-20)26-36-23(29(31,32)33)16-37(26)18-39-10-11-42(3,4)5;1-7-24-17(23)20(9-8-10-20)13-25-16-11-14(2)15(12-22-16)21-26-18(3,4)19(5,6)27-21;1-25(2,3)5-4-24-9-23-8-12(15(18,19)20)22-14(23)13-11(17)6-10(16)7-21-13/h12-16H,6-11,17-18H2,1-5H3;11-12H,7-10,13H2,1-6H3;6-8H,4-5,9H2,1-3H3. The van der Waals surface area contributed by atoms with E-state index >= 15 is 0 Å². The first-order valence-corrected chi connectivity index (χ1v) is 40.1. The average Bonchev–Trinajstić information content (AvgIpc) is 1.56. The molecule has 9 rings (SSSR count). The van der Waals surface area contributed by atoms with E-state index in [1.54, 1.807) is 37.5 Å². The van der Waals surface area contributed by atoms with Crippen LogP contribution in [-0.4, -0.2) is 125 Å². The molecule has 0 aromatic carbocycles. The summed E-state index contributed by atoms with van der Waals surface area (Å²) in [6.45, 7) is 30.7. The van der Waals surface area contributed by atoms with Crippen molar-refractivity contribution in [2.24, 2.45) is 10.8 Å². The maximum absolute atomic E-state index is 13.5. The molecule has 3 aliphatic rings. The van der Waals surface area contributed by atoms with Crippen molar-refractivity contribution in [2.75, 3.05) is 39.6 Å². The Morgan fingerprint density at radius 3 is 1.43 bits per heavy atom. The number of hydrogen-bond donors (Lipinski definition) is 0. The highest BCUT2D eigenvalue weighted by molar-refractivity contribution is 9.10. The lowest BCUT2D eigenvalue weighted by molar-refractivity contribution is -0.164. The number of rotatable bonds is 24. The van der Waals surface area contributed by atoms with Crippen LogP contribution in [0.15, 0.2) is 65.9 Å². The number of esters is 2. The van der Waals surface area contributed by atoms with Crippen molar-refractivity contribution in [2.45, 2.75) is 182 Å². The molecule has 3 fully saturated rings. The first-order valence-electron chi connectivity index (χ1n) is 31.1. The lowest BCUT2D eigenvalue weighted by Crippen LogP contribution is -2.44. The smallest absolute Gasteiger partial charge is 0.476 e. The third-order valence-electron chi connectivity index (χ3n) is 16.7. The zero-order valence-corrected chi connectivity index (χ0v) is 60.8. The summed E-state index contributed by atoms with van der Waals surface area (Å²) in [6, 6.07) is 8.60. The van der Waals surface area contributed by atoms with Crippen LogP contribution in [0.4, 0.5) is 26.3 Å². The maximum Gasteiger partial charge on any atom is 0.496 e. The van der Waals surface area contributed by atoms with Crippen LogP contribution in [0.25, 0.3) is 34.2 Å². The molecule has 0 amide bonds. The molecule has 6 aromatic heterocycles. The van der Waals surface area contributed by atoms with Crippen molar-refractivity contribution < 1.29 is 73.7 Å². The molecule has 1 saturated heterocycles. The molecule has 1 aliphatic heterocycles. The first kappa shape index (κ1) is 75.9. The van der Waals surface area contributed by atoms with Crippen LogP contribution in [-0.2, 0) is 63.7 Å². The Kier molecular flexibility index (Phi) is 25.0. The van der Waals surface area contributed by atoms with Gasteiger partial charge in [-0.1, -0.05) is 75.3 Å². The Hall–Kier alpha value is -5.46. The highest BCUT2D eigenvalue weighted by Crippen LogP contribution is 2.45. The Balaban J connectivity index is 0.000000209. The van der Waals surface area contributed by atoms with Gasteiger partial charge in [-0.2, -0.15) is 26.3 Å². The predicted molar refractivity (Wildman–Crippen MR) is 356 cm³/mol. The van der Waals surface area contributed by atoms with Gasteiger partial charge in [0, 0.05) is 99.7 Å². The molecule has 30 heteroatoms. The van der Waals surface area contributed by atoms with Crippen molar-refractivity contribution in [3.8, 4) is 45.9 Å². The number of ether oxygens (including phenoxy) is 6. The van der Waals surface area contributed by atoms with Crippen LogP contribution in [0, 0.1) is 24.7 Å². The molecule has 0 N–H and O–H groups in total. The summed E-state index contributed by atoms with van der Waals surface area (Å²) < 4.78 is 129. The maximum atomic E-state index is 13.5. The third-order valence-corrected chi connectivity index (χ3v) is 21.1. The molecular weight excluding hydrogens is 1370 g/mol. The minimum atomic E-state index is -4.63. The summed E-state index contributed by atoms with van der Waals surface area (Å²) in [5.74, 6) is 0.463. The van der Waals surface area contributed by atoms with Crippen molar-refractivity contribution in [1.82, 2.24) is 39.0 Å². The second-order valence-corrected chi connectivity index (χ2v) is 40.1. The molecule has 2 aliphatic carbocycles. The number of nitrogens with zero attached hydrogens (tertiary/aromatic N) is 8. The fraction of sp³-hybridized carbons (Fsp3) is 0.562. The van der Waals surface area contributed by atoms with E-state index in [2.05, 4.69) is 85.1 Å². The minimum absolute atomic E-state index is 0.0258. The molecule has 18 nitrogen and oxygen atoms in total. The predicted octanol–water partition coefficient (Wildman–Crippen LogP) is 15.9. The fourth-order valence-corrected chi connectivity index (χ4v) is 12.3. The number of halogens is 9. The van der Waals surface area contributed by atoms with Crippen molar-refractivity contribution >= 4 is 79.8 Å². The lowest BCUT2D eigenvalue weighted by atomic mass is 9.69. The Bertz CT molecular complexity index is 3580. The Morgan fingerprint density at radius 1 is 0.628 bits per heavy atom. The van der Waals surface area contributed by atoms with Crippen LogP contribution in [0.3, 0.4) is 0 Å². The molecule has 0 radical (unpaired) electrons. The number of carbonyl (C=O) groups is 2. The molecule has 94 heavy (non-hydrogen) atoms. The molecule has 6 aromatic rings. The minimum Gasteiger partial charge on any atom is -0.476 e. The molecule has 0 atom stereocenters. The van der Waals surface area contributed by atoms with Gasteiger partial charge in [-0.05, 0) is 132 Å². The Labute approximate surface area is 566 Å². The quantitative estimate of drug-likeness (QED) is 0.0240. The topological polar surface area (TPSA) is 195 Å². The van der Waals surface area contributed by atoms with E-state index < -0.39 is 69.0 Å². The van der Waals surface area contributed by atoms with Crippen molar-refractivity contribution in [3.05, 3.63) is 98.5 Å². The zero-order valence-electron chi connectivity index (χ0n) is 55.7. The number of pyridine rings is 4. The van der Waals surface area contributed by atoms with Gasteiger partial charge in [0.05, 0.1) is 34.5 Å². The molecule has 0 bridgehead atoms. The summed E-state index contributed by atoms with van der Waals surface area (Å²) in [7, 11) is -3.10. The largest absolute Gasteiger partial charge is 0.496 e. The van der Waals surface area contributed by atoms with E-state index in [-0.39, 0.29) is 65.1 Å². The van der Waals surface area contributed by atoms with Gasteiger partial charge in [0.25, 0.3) is 0 Å². The monoisotopic (exact) mass is 1450 g/mol. The van der Waals surface area contributed by atoms with Gasteiger partial charge in [-0.25, -0.2) is 19.9 Å². The van der Waals surface area contributed by atoms with Gasteiger partial charge in [-0.3, -0.25) is 19.6 Å². The van der Waals surface area contributed by atoms with Gasteiger partial charge in [0.15, 0.2) is 23.0 Å². The summed E-state index contributed by atoms with van der Waals surface area (Å²) in [4.78, 5) is 49.4. The highest BCUT2D eigenvalue weighted by Gasteiger charge is 2.53. The molecule has 7 heterocycles. The van der Waals surface area contributed by atoms with Gasteiger partial charge in [0.1, 0.15) is 48.9 Å². The van der Waals surface area contributed by atoms with Gasteiger partial charge in [-0.15, -0.1) is 0 Å². The number of imidazole rings is 2. The average molecular weight is 1460 g/mol. The van der Waals surface area contributed by atoms with Crippen LogP contribution in [0.5, 0.6) is 11.8 Å². The van der Waals surface area contributed by atoms with Gasteiger partial charge < -0.3 is 46.9 Å². The molecular formula is C64H84BBrCl2F6N8O10Si2. The zero-order chi connectivity index (χ0) is 69.4. The molecule has 0 spiro atoms. The summed E-state index contributed by atoms with van der Waals surface area (Å²) in [5.41, 5.74) is 0.351. The number of aromatic nitrogens is 8. The lowest BCUT2D eigenvalue weighted by Gasteiger charge is -2.38. The van der Waals surface area contributed by atoms with Crippen LogP contribution in [0.1, 0.15) is 103 Å². The van der Waals surface area contributed by atoms with Crippen LogP contribution < -0.4 is 14.9 Å². The third kappa shape index (κ3) is 19.6. The molecule has 2 saturated carbocycles. The second kappa shape index (κ2) is 31.0. The van der Waals surface area contributed by atoms with E-state index in [9.17, 15) is 35.9 Å². The van der Waals surface area contributed by atoms with Crippen LogP contribution >= 0.6 is 39.1 Å². The first-order chi connectivity index (χ1) is 43.8. The number of alkyl halides is 6. The summed E-state index contributed by atoms with van der Waals surface area (Å²) in [6.07, 6.45) is 3.99. The molecule has 514 valence electrons. The van der Waals surface area contributed by atoms with Gasteiger partial charge >= 0.3 is 31.4 Å². The highest BCUT2D eigenvalue weighted by atomic mass is 79.9. The normalized spacial score (nSPS) is 16.4. The van der Waals surface area contributed by atoms with E-state index in [1.807, 2.05) is 54.5 Å². The SMILES string of the molecule is CCOC(=O)C1(COc2cc(C)c(-c3cnc(-c4nc(C(F)(F)F)cn4COCC[Si](C)(C)C)c(Cl)c3)cn2)CCC1.CCOC(=O)C1(COc2cc(C)c(B3OC(C)(C)C(C)(C)O3)cn2)CCC1.C[Si](C)(C)CCOCn1cc(C(F)(F)F)nc1-c1ncc(Br)cc1Cl. The van der Waals surface area contributed by atoms with E-state index in [1.165, 1.54) is 21.5 Å². The van der Waals surface area contributed by atoms with E-state index in [0.717, 1.165) is 72.3 Å². The Morgan fingerprint density at radius 2 is 1.05 bits per heavy atom. The number of carbonyl (C=O) groups excluding carboxylic acids is 2. The summed E-state index contributed by atoms with van der Waals surface area (Å²) in [5, 5.41) is 0.341. The second-order valence-electron chi connectivity index (χ2n) is 27.2. The number of aryl methyl sites for hydroxylation is 2. The summed E-state index contributed by atoms with van der Waals surface area (Å²) >= 11 is 15.9.